The summed E-state index contributed by atoms with van der Waals surface area (Å²) >= 11 is 6.86. The zero-order valence-corrected chi connectivity index (χ0v) is 19.2. The molecule has 0 atom stereocenters. The monoisotopic (exact) mass is 432 g/mol. The SMILES string of the molecule is Cc1cc(/C=C2/SC(=S)N(c3ccccc3)C2=O)c(C)n1-c1ccccc1C(C)C. The van der Waals surface area contributed by atoms with Gasteiger partial charge in [-0.15, -0.1) is 0 Å². The summed E-state index contributed by atoms with van der Waals surface area (Å²) in [6.45, 7) is 8.64. The van der Waals surface area contributed by atoms with Gasteiger partial charge >= 0.3 is 0 Å². The number of aromatic nitrogens is 1. The summed E-state index contributed by atoms with van der Waals surface area (Å²) in [4.78, 5) is 15.3. The topological polar surface area (TPSA) is 25.2 Å². The van der Waals surface area contributed by atoms with Crippen LogP contribution in [0.3, 0.4) is 0 Å². The third-order valence-electron chi connectivity index (χ3n) is 5.36. The van der Waals surface area contributed by atoms with Crippen molar-refractivity contribution in [2.45, 2.75) is 33.6 Å². The number of para-hydroxylation sites is 2. The van der Waals surface area contributed by atoms with E-state index in [1.165, 1.54) is 23.0 Å². The first-order valence-corrected chi connectivity index (χ1v) is 11.2. The van der Waals surface area contributed by atoms with Crippen LogP contribution in [0.25, 0.3) is 11.8 Å². The second-order valence-corrected chi connectivity index (χ2v) is 9.40. The van der Waals surface area contributed by atoms with Crippen LogP contribution in [0.1, 0.15) is 42.3 Å². The lowest BCUT2D eigenvalue weighted by Crippen LogP contribution is -2.27. The molecule has 3 aromatic rings. The fourth-order valence-corrected chi connectivity index (χ4v) is 5.18. The van der Waals surface area contributed by atoms with E-state index in [0.717, 1.165) is 22.6 Å². The zero-order valence-electron chi connectivity index (χ0n) is 17.5. The lowest BCUT2D eigenvalue weighted by Gasteiger charge is -2.17. The Morgan fingerprint density at radius 2 is 1.67 bits per heavy atom. The highest BCUT2D eigenvalue weighted by Gasteiger charge is 2.33. The van der Waals surface area contributed by atoms with Gasteiger partial charge in [0.05, 0.1) is 10.6 Å². The number of rotatable bonds is 4. The predicted octanol–water partition coefficient (Wildman–Crippen LogP) is 6.62. The summed E-state index contributed by atoms with van der Waals surface area (Å²) in [6.07, 6.45) is 1.97. The maximum Gasteiger partial charge on any atom is 0.270 e. The van der Waals surface area contributed by atoms with Gasteiger partial charge in [0, 0.05) is 17.1 Å². The molecule has 0 radical (unpaired) electrons. The highest BCUT2D eigenvalue weighted by molar-refractivity contribution is 8.27. The molecule has 0 saturated carbocycles. The number of amides is 1. The first-order chi connectivity index (χ1) is 14.4. The van der Waals surface area contributed by atoms with Gasteiger partial charge in [-0.2, -0.15) is 0 Å². The van der Waals surface area contributed by atoms with Crippen LogP contribution in [0.15, 0.2) is 65.6 Å². The van der Waals surface area contributed by atoms with Gasteiger partial charge in [0.25, 0.3) is 5.91 Å². The Labute approximate surface area is 187 Å². The average molecular weight is 433 g/mol. The molecule has 3 nitrogen and oxygen atoms in total. The van der Waals surface area contributed by atoms with Crippen LogP contribution in [-0.4, -0.2) is 14.8 Å². The maximum atomic E-state index is 13.1. The van der Waals surface area contributed by atoms with E-state index in [1.54, 1.807) is 4.90 Å². The molecular weight excluding hydrogens is 408 g/mol. The maximum absolute atomic E-state index is 13.1. The van der Waals surface area contributed by atoms with Gasteiger partial charge in [-0.25, -0.2) is 0 Å². The van der Waals surface area contributed by atoms with Crippen molar-refractivity contribution in [3.05, 3.63) is 88.1 Å². The third kappa shape index (κ3) is 3.64. The number of benzene rings is 2. The average Bonchev–Trinajstić information content (AvgIpc) is 3.17. The normalized spacial score (nSPS) is 15.6. The van der Waals surface area contributed by atoms with E-state index in [0.29, 0.717) is 15.1 Å². The molecule has 0 aliphatic carbocycles. The smallest absolute Gasteiger partial charge is 0.270 e. The summed E-state index contributed by atoms with van der Waals surface area (Å²) in [5.41, 5.74) is 6.61. The summed E-state index contributed by atoms with van der Waals surface area (Å²) in [7, 11) is 0. The Morgan fingerprint density at radius 1 is 1.00 bits per heavy atom. The van der Waals surface area contributed by atoms with Crippen molar-refractivity contribution in [2.24, 2.45) is 0 Å². The van der Waals surface area contributed by atoms with Gasteiger partial charge in [-0.1, -0.05) is 74.2 Å². The minimum Gasteiger partial charge on any atom is -0.318 e. The van der Waals surface area contributed by atoms with Crippen LogP contribution in [0.5, 0.6) is 0 Å². The molecule has 0 N–H and O–H groups in total. The first-order valence-electron chi connectivity index (χ1n) is 9.99. The van der Waals surface area contributed by atoms with Crippen LogP contribution in [0.4, 0.5) is 5.69 Å². The van der Waals surface area contributed by atoms with Gasteiger partial charge < -0.3 is 4.57 Å². The standard InChI is InChI=1S/C25H24N2OS2/c1-16(2)21-12-8-9-13-22(21)26-17(3)14-19(18(26)4)15-23-24(28)27(25(29)30-23)20-10-6-5-7-11-20/h5-16H,1-4H3/b23-15+. The van der Waals surface area contributed by atoms with Gasteiger partial charge in [-0.05, 0) is 61.2 Å². The van der Waals surface area contributed by atoms with Crippen molar-refractivity contribution >= 4 is 46.0 Å². The molecule has 30 heavy (non-hydrogen) atoms. The Balaban J connectivity index is 1.74. The number of carbonyl (C=O) groups excluding carboxylic acids is 1. The molecule has 152 valence electrons. The van der Waals surface area contributed by atoms with Gasteiger partial charge in [0.15, 0.2) is 4.32 Å². The second-order valence-electron chi connectivity index (χ2n) is 7.73. The van der Waals surface area contributed by atoms with E-state index in [9.17, 15) is 4.79 Å². The lowest BCUT2D eigenvalue weighted by atomic mass is 10.0. The largest absolute Gasteiger partial charge is 0.318 e. The van der Waals surface area contributed by atoms with Crippen molar-refractivity contribution in [1.29, 1.82) is 0 Å². The van der Waals surface area contributed by atoms with Gasteiger partial charge in [0.1, 0.15) is 0 Å². The highest BCUT2D eigenvalue weighted by Crippen LogP contribution is 2.37. The summed E-state index contributed by atoms with van der Waals surface area (Å²) < 4.78 is 2.84. The van der Waals surface area contributed by atoms with Crippen LogP contribution in [0.2, 0.25) is 0 Å². The van der Waals surface area contributed by atoms with E-state index in [-0.39, 0.29) is 5.91 Å². The molecule has 1 aliphatic heterocycles. The van der Waals surface area contributed by atoms with E-state index in [2.05, 4.69) is 62.6 Å². The molecule has 1 aliphatic rings. The number of carbonyl (C=O) groups is 1. The van der Waals surface area contributed by atoms with Crippen LogP contribution < -0.4 is 4.90 Å². The Morgan fingerprint density at radius 3 is 2.37 bits per heavy atom. The Hall–Kier alpha value is -2.63. The van der Waals surface area contributed by atoms with Crippen molar-refractivity contribution in [2.75, 3.05) is 4.90 Å². The summed E-state index contributed by atoms with van der Waals surface area (Å²) in [6, 6.07) is 20.2. The molecule has 0 bridgehead atoms. The zero-order chi connectivity index (χ0) is 21.4. The molecule has 4 rings (SSSR count). The van der Waals surface area contributed by atoms with Crippen molar-refractivity contribution in [3.8, 4) is 5.69 Å². The molecule has 0 unspecified atom stereocenters. The van der Waals surface area contributed by atoms with Gasteiger partial charge in [0.2, 0.25) is 0 Å². The summed E-state index contributed by atoms with van der Waals surface area (Å²) in [5, 5.41) is 0. The van der Waals surface area contributed by atoms with E-state index < -0.39 is 0 Å². The molecule has 1 amide bonds. The third-order valence-corrected chi connectivity index (χ3v) is 6.67. The molecular formula is C25H24N2OS2. The quantitative estimate of drug-likeness (QED) is 0.342. The van der Waals surface area contributed by atoms with Crippen molar-refractivity contribution < 1.29 is 4.79 Å². The van der Waals surface area contributed by atoms with E-state index in [4.69, 9.17) is 12.2 Å². The van der Waals surface area contributed by atoms with Gasteiger partial charge in [-0.3, -0.25) is 9.69 Å². The number of nitrogens with zero attached hydrogens (tertiary/aromatic N) is 2. The number of aryl methyl sites for hydroxylation is 1. The number of thioether (sulfide) groups is 1. The van der Waals surface area contributed by atoms with Crippen LogP contribution in [0, 0.1) is 13.8 Å². The lowest BCUT2D eigenvalue weighted by molar-refractivity contribution is -0.113. The molecule has 1 aromatic heterocycles. The molecule has 5 heteroatoms. The molecule has 1 saturated heterocycles. The molecule has 0 spiro atoms. The van der Waals surface area contributed by atoms with Crippen LogP contribution in [-0.2, 0) is 4.79 Å². The number of hydrogen-bond donors (Lipinski definition) is 0. The van der Waals surface area contributed by atoms with Crippen LogP contribution >= 0.6 is 24.0 Å². The second kappa shape index (κ2) is 8.25. The Kier molecular flexibility index (Phi) is 5.67. The minimum atomic E-state index is -0.0661. The molecule has 2 heterocycles. The molecule has 2 aromatic carbocycles. The van der Waals surface area contributed by atoms with Crippen molar-refractivity contribution in [3.63, 3.8) is 0 Å². The number of thiocarbonyl (C=S) groups is 1. The summed E-state index contributed by atoms with van der Waals surface area (Å²) in [5.74, 6) is 0.358. The number of anilines is 1. The molecule has 1 fully saturated rings. The minimum absolute atomic E-state index is 0.0661. The van der Waals surface area contributed by atoms with E-state index in [1.807, 2.05) is 36.4 Å². The fraction of sp³-hybridized carbons (Fsp3) is 0.200. The van der Waals surface area contributed by atoms with Crippen molar-refractivity contribution in [1.82, 2.24) is 4.57 Å². The first kappa shape index (κ1) is 20.6. The fourth-order valence-electron chi connectivity index (χ4n) is 3.89. The number of hydrogen-bond acceptors (Lipinski definition) is 3. The Bertz CT molecular complexity index is 1160. The predicted molar refractivity (Wildman–Crippen MR) is 131 cm³/mol. The van der Waals surface area contributed by atoms with E-state index >= 15 is 0 Å². The highest BCUT2D eigenvalue weighted by atomic mass is 32.2.